The first-order valence-electron chi connectivity index (χ1n) is 16.5. The third-order valence-corrected chi connectivity index (χ3v) is 11.3. The maximum atomic E-state index is 13.5. The Hall–Kier alpha value is -0.970. The van der Waals surface area contributed by atoms with Gasteiger partial charge in [-0.25, -0.2) is 15.0 Å². The fourth-order valence-corrected chi connectivity index (χ4v) is 8.02. The Morgan fingerprint density at radius 3 is 2.09 bits per heavy atom. The molecular weight excluding hydrogens is 601 g/mol. The van der Waals surface area contributed by atoms with E-state index in [4.69, 9.17) is 30.7 Å². The molecule has 2 rings (SSSR count). The highest BCUT2D eigenvalue weighted by molar-refractivity contribution is 8.28. The van der Waals surface area contributed by atoms with Crippen LogP contribution in [0.5, 0.6) is 0 Å². The number of unbranched alkanes of at least 4 members (excludes halogenated alkanes) is 13. The molecule has 0 amide bonds. The standard InChI is InChI=1S/C31H58N5O4PS2/c1-5-6-7-8-9-10-11-12-13-14-15-16-17-18-20-43(42)21-19-39-41(37,40-23-27(2)3)26-38-28(4)22-36-25-35-29-30(32)33-24-34-31(29)36/h24-25,27-28H,5-23,26H2,1-4H3,(H2,32,33,34)/t28-,41?,43?/m1/s1. The van der Waals surface area contributed by atoms with Crippen LogP contribution in [0, 0.1) is 5.92 Å². The smallest absolute Gasteiger partial charge is 0.356 e. The number of nitrogen functional groups attached to an aromatic ring is 1. The summed E-state index contributed by atoms with van der Waals surface area (Å²) in [4.78, 5) is 12.5. The molecule has 0 radical (unpaired) electrons. The number of anilines is 1. The van der Waals surface area contributed by atoms with E-state index in [1.807, 2.05) is 25.3 Å². The highest BCUT2D eigenvalue weighted by Crippen LogP contribution is 2.48. The molecule has 2 unspecified atom stereocenters. The minimum Gasteiger partial charge on any atom is -0.382 e. The number of hydrogen-bond donors (Lipinski definition) is 1. The number of nitrogens with zero attached hydrogens (tertiary/aromatic N) is 4. The fraction of sp³-hybridized carbons (Fsp3) is 0.839. The van der Waals surface area contributed by atoms with E-state index in [1.165, 1.54) is 89.8 Å². The number of ether oxygens (including phenoxy) is 1. The first kappa shape index (κ1) is 38.2. The molecule has 43 heavy (non-hydrogen) atoms. The third kappa shape index (κ3) is 16.8. The molecule has 3 atom stereocenters. The molecule has 2 aromatic heterocycles. The van der Waals surface area contributed by atoms with Gasteiger partial charge in [-0.3, -0.25) is 4.57 Å². The molecule has 0 saturated heterocycles. The van der Waals surface area contributed by atoms with Crippen LogP contribution in [0.15, 0.2) is 12.7 Å². The predicted octanol–water partition coefficient (Wildman–Crippen LogP) is 8.21. The minimum atomic E-state index is -3.43. The van der Waals surface area contributed by atoms with Crippen LogP contribution >= 0.6 is 7.60 Å². The average molecular weight is 660 g/mol. The van der Waals surface area contributed by atoms with E-state index in [-0.39, 0.29) is 27.8 Å². The zero-order valence-electron chi connectivity index (χ0n) is 27.2. The Morgan fingerprint density at radius 2 is 1.49 bits per heavy atom. The largest absolute Gasteiger partial charge is 0.382 e. The lowest BCUT2D eigenvalue weighted by Gasteiger charge is -2.22. The second kappa shape index (κ2) is 22.5. The number of aromatic nitrogens is 4. The van der Waals surface area contributed by atoms with Crippen LogP contribution in [0.1, 0.15) is 118 Å². The predicted molar refractivity (Wildman–Crippen MR) is 184 cm³/mol. The van der Waals surface area contributed by atoms with Gasteiger partial charge in [0.05, 0.1) is 32.2 Å². The number of nitrogens with two attached hydrogens (primary N) is 1. The second-order valence-electron chi connectivity index (χ2n) is 12.0. The summed E-state index contributed by atoms with van der Waals surface area (Å²) in [7, 11) is -3.60. The quantitative estimate of drug-likeness (QED) is 0.0748. The third-order valence-electron chi connectivity index (χ3n) is 7.33. The summed E-state index contributed by atoms with van der Waals surface area (Å²) in [5, 5.41) is 0. The van der Waals surface area contributed by atoms with Crippen LogP contribution in [-0.4, -0.2) is 56.7 Å². The summed E-state index contributed by atoms with van der Waals surface area (Å²) in [6.07, 6.45) is 21.6. The molecule has 2 aromatic rings. The highest BCUT2D eigenvalue weighted by atomic mass is 32.8. The van der Waals surface area contributed by atoms with E-state index >= 15 is 0 Å². The Balaban J connectivity index is 1.60. The van der Waals surface area contributed by atoms with Gasteiger partial charge in [0.15, 0.2) is 11.5 Å². The van der Waals surface area contributed by atoms with Gasteiger partial charge in [0.2, 0.25) is 0 Å². The zero-order chi connectivity index (χ0) is 31.3. The highest BCUT2D eigenvalue weighted by Gasteiger charge is 2.27. The van der Waals surface area contributed by atoms with Crippen LogP contribution in [0.4, 0.5) is 5.82 Å². The van der Waals surface area contributed by atoms with Crippen molar-refractivity contribution >= 4 is 45.2 Å². The second-order valence-corrected chi connectivity index (χ2v) is 17.1. The molecule has 0 spiro atoms. The zero-order valence-corrected chi connectivity index (χ0v) is 29.7. The molecule has 0 aliphatic carbocycles. The van der Waals surface area contributed by atoms with Crippen molar-refractivity contribution in [2.75, 3.05) is 36.8 Å². The van der Waals surface area contributed by atoms with Gasteiger partial charge in [0, 0.05) is 5.75 Å². The molecule has 2 heterocycles. The molecule has 248 valence electrons. The van der Waals surface area contributed by atoms with Crippen molar-refractivity contribution in [3.63, 3.8) is 0 Å². The summed E-state index contributed by atoms with van der Waals surface area (Å²) < 4.78 is 32.9. The Morgan fingerprint density at radius 1 is 0.884 bits per heavy atom. The summed E-state index contributed by atoms with van der Waals surface area (Å²) in [5.74, 6) is 2.29. The van der Waals surface area contributed by atoms with Gasteiger partial charge in [-0.15, -0.1) is 9.45 Å². The van der Waals surface area contributed by atoms with Crippen molar-refractivity contribution in [1.82, 2.24) is 19.5 Å². The maximum Gasteiger partial charge on any atom is 0.356 e. The molecular formula is C31H58N5O4PS2. The number of fused-ring (bicyclic) bond motifs is 1. The maximum absolute atomic E-state index is 13.5. The van der Waals surface area contributed by atoms with Crippen LogP contribution in [0.2, 0.25) is 0 Å². The Labute approximate surface area is 268 Å². The van der Waals surface area contributed by atoms with E-state index in [9.17, 15) is 4.57 Å². The summed E-state index contributed by atoms with van der Waals surface area (Å²) in [6.45, 7) is 9.34. The number of hydrogen-bond acceptors (Lipinski definition) is 9. The number of rotatable bonds is 27. The first-order valence-corrected chi connectivity index (χ1v) is 20.7. The molecule has 0 aliphatic heterocycles. The SMILES string of the molecule is CCCCCCCCCCCCCCCCS(=S)CCOP(=O)(CO[C@H](C)Cn1cnc2c(N)ncnc21)OCC(C)C. The van der Waals surface area contributed by atoms with Gasteiger partial charge in [0.25, 0.3) is 0 Å². The fourth-order valence-electron chi connectivity index (χ4n) is 4.78. The van der Waals surface area contributed by atoms with Crippen LogP contribution in [0.25, 0.3) is 11.2 Å². The monoisotopic (exact) mass is 659 g/mol. The molecule has 12 heteroatoms. The lowest BCUT2D eigenvalue weighted by Crippen LogP contribution is -2.19. The van der Waals surface area contributed by atoms with E-state index in [1.54, 1.807) is 6.33 Å². The first-order chi connectivity index (χ1) is 20.7. The summed E-state index contributed by atoms with van der Waals surface area (Å²) in [6, 6.07) is 0. The van der Waals surface area contributed by atoms with Gasteiger partial charge in [-0.1, -0.05) is 115 Å². The van der Waals surface area contributed by atoms with Crippen molar-refractivity contribution < 1.29 is 18.3 Å². The van der Waals surface area contributed by atoms with Gasteiger partial charge in [-0.2, -0.15) is 0 Å². The summed E-state index contributed by atoms with van der Waals surface area (Å²) in [5.41, 5.74) is 7.07. The molecule has 0 fully saturated rings. The molecule has 0 bridgehead atoms. The van der Waals surface area contributed by atoms with E-state index in [0.29, 0.717) is 42.5 Å². The molecule has 0 saturated carbocycles. The van der Waals surface area contributed by atoms with Crippen molar-refractivity contribution in [3.05, 3.63) is 12.7 Å². The minimum absolute atomic E-state index is 0.116. The van der Waals surface area contributed by atoms with Crippen molar-refractivity contribution in [2.45, 2.75) is 130 Å². The van der Waals surface area contributed by atoms with Crippen molar-refractivity contribution in [2.24, 2.45) is 5.92 Å². The lowest BCUT2D eigenvalue weighted by molar-refractivity contribution is 0.0649. The van der Waals surface area contributed by atoms with Crippen molar-refractivity contribution in [3.8, 4) is 0 Å². The van der Waals surface area contributed by atoms with E-state index < -0.39 is 7.60 Å². The van der Waals surface area contributed by atoms with Crippen LogP contribution in [-0.2, 0) is 45.5 Å². The van der Waals surface area contributed by atoms with Crippen LogP contribution < -0.4 is 5.73 Å². The van der Waals surface area contributed by atoms with E-state index in [0.717, 1.165) is 12.2 Å². The van der Waals surface area contributed by atoms with Gasteiger partial charge in [0.1, 0.15) is 18.2 Å². The van der Waals surface area contributed by atoms with Crippen molar-refractivity contribution in [1.29, 1.82) is 0 Å². The molecule has 9 nitrogen and oxygen atoms in total. The number of imidazole rings is 1. The average Bonchev–Trinajstić information content (AvgIpc) is 3.39. The van der Waals surface area contributed by atoms with Gasteiger partial charge >= 0.3 is 7.60 Å². The Bertz CT molecular complexity index is 1090. The Kier molecular flexibility index (Phi) is 20.0. The normalized spacial score (nSPS) is 14.8. The van der Waals surface area contributed by atoms with E-state index in [2.05, 4.69) is 21.9 Å². The molecule has 0 aromatic carbocycles. The summed E-state index contributed by atoms with van der Waals surface area (Å²) >= 11 is 5.70. The van der Waals surface area contributed by atoms with Gasteiger partial charge in [-0.05, 0) is 25.0 Å². The van der Waals surface area contributed by atoms with Gasteiger partial charge < -0.3 is 24.1 Å². The molecule has 0 aliphatic rings. The lowest BCUT2D eigenvalue weighted by atomic mass is 10.0. The topological polar surface area (TPSA) is 114 Å². The van der Waals surface area contributed by atoms with Crippen LogP contribution in [0.3, 0.4) is 0 Å². The molecule has 2 N–H and O–H groups in total.